The van der Waals surface area contributed by atoms with Crippen molar-refractivity contribution in [2.75, 3.05) is 26.2 Å². The highest BCUT2D eigenvalue weighted by molar-refractivity contribution is 6.33. The zero-order chi connectivity index (χ0) is 14.8. The van der Waals surface area contributed by atoms with E-state index in [4.69, 9.17) is 28.9 Å². The molecule has 0 aromatic heterocycles. The Balaban J connectivity index is 2.22. The molecule has 0 saturated carbocycles. The van der Waals surface area contributed by atoms with Crippen LogP contribution in [0.25, 0.3) is 0 Å². The number of hydrogen-bond donors (Lipinski definition) is 1. The third-order valence-electron chi connectivity index (χ3n) is 4.26. The molecule has 1 saturated heterocycles. The summed E-state index contributed by atoms with van der Waals surface area (Å²) in [5.41, 5.74) is 7.04. The van der Waals surface area contributed by atoms with Crippen LogP contribution in [0.5, 0.6) is 0 Å². The van der Waals surface area contributed by atoms with Crippen molar-refractivity contribution >= 4 is 23.2 Å². The summed E-state index contributed by atoms with van der Waals surface area (Å²) in [6.07, 6.45) is 1.22. The molecule has 1 aliphatic heterocycles. The fraction of sp³-hybridized carbons (Fsp3) is 0.625. The molecule has 0 amide bonds. The van der Waals surface area contributed by atoms with E-state index in [9.17, 15) is 0 Å². The topological polar surface area (TPSA) is 26.0 Å². The van der Waals surface area contributed by atoms with Gasteiger partial charge in [-0.25, -0.2) is 0 Å². The molecule has 1 aliphatic rings. The molecule has 20 heavy (non-hydrogen) atoms. The standard InChI is InChI=1S/C16H25Cl2N2/c1-12(2)9-20(6-5-13(8-19)10-20)11-14-7-15(17)3-4-16(14)18/h3-4,7,12-13H,5-6,8-11,19H2,1-2H3/q+1/t13-,20?/m1/s1. The maximum Gasteiger partial charge on any atom is 0.106 e. The van der Waals surface area contributed by atoms with E-state index in [0.29, 0.717) is 11.8 Å². The number of nitrogens with zero attached hydrogens (tertiary/aromatic N) is 1. The summed E-state index contributed by atoms with van der Waals surface area (Å²) >= 11 is 12.5. The van der Waals surface area contributed by atoms with E-state index >= 15 is 0 Å². The lowest BCUT2D eigenvalue weighted by Gasteiger charge is -2.36. The van der Waals surface area contributed by atoms with Gasteiger partial charge < -0.3 is 10.2 Å². The van der Waals surface area contributed by atoms with Gasteiger partial charge in [0, 0.05) is 40.4 Å². The van der Waals surface area contributed by atoms with Gasteiger partial charge in [-0.15, -0.1) is 0 Å². The van der Waals surface area contributed by atoms with Crippen LogP contribution in [0.3, 0.4) is 0 Å². The summed E-state index contributed by atoms with van der Waals surface area (Å²) in [5.74, 6) is 1.32. The molecular weight excluding hydrogens is 291 g/mol. The Labute approximate surface area is 132 Å². The van der Waals surface area contributed by atoms with Crippen molar-refractivity contribution in [1.29, 1.82) is 0 Å². The number of quaternary nitrogens is 1. The SMILES string of the molecule is CC(C)C[N+]1(Cc2cc(Cl)ccc2Cl)CC[C@H](CN)C1. The van der Waals surface area contributed by atoms with Gasteiger partial charge in [-0.05, 0) is 18.2 Å². The quantitative estimate of drug-likeness (QED) is 0.818. The monoisotopic (exact) mass is 315 g/mol. The predicted octanol–water partition coefficient (Wildman–Crippen LogP) is 3.94. The highest BCUT2D eigenvalue weighted by Gasteiger charge is 2.38. The number of hydrogen-bond acceptors (Lipinski definition) is 1. The average Bonchev–Trinajstić information content (AvgIpc) is 2.76. The van der Waals surface area contributed by atoms with E-state index in [1.165, 1.54) is 19.5 Å². The zero-order valence-electron chi connectivity index (χ0n) is 12.4. The lowest BCUT2D eigenvalue weighted by Crippen LogP contribution is -2.48. The number of halogens is 2. The van der Waals surface area contributed by atoms with E-state index in [-0.39, 0.29) is 0 Å². The van der Waals surface area contributed by atoms with Gasteiger partial charge in [0.1, 0.15) is 6.54 Å². The fourth-order valence-electron chi connectivity index (χ4n) is 3.55. The molecule has 2 rings (SSSR count). The summed E-state index contributed by atoms with van der Waals surface area (Å²) in [6.45, 7) is 9.87. The molecule has 2 N–H and O–H groups in total. The molecule has 4 heteroatoms. The normalized spacial score (nSPS) is 26.4. The molecular formula is C16H25Cl2N2+. The molecule has 0 spiro atoms. The summed E-state index contributed by atoms with van der Waals surface area (Å²) in [6, 6.07) is 5.77. The summed E-state index contributed by atoms with van der Waals surface area (Å²) in [7, 11) is 0. The van der Waals surface area contributed by atoms with Crippen LogP contribution < -0.4 is 5.73 Å². The van der Waals surface area contributed by atoms with Gasteiger partial charge in [0.25, 0.3) is 0 Å². The Kier molecular flexibility index (Phi) is 5.36. The Morgan fingerprint density at radius 3 is 2.70 bits per heavy atom. The summed E-state index contributed by atoms with van der Waals surface area (Å²) in [4.78, 5) is 0. The Morgan fingerprint density at radius 2 is 2.10 bits per heavy atom. The average molecular weight is 316 g/mol. The van der Waals surface area contributed by atoms with Crippen LogP contribution >= 0.6 is 23.2 Å². The van der Waals surface area contributed by atoms with Crippen molar-refractivity contribution in [3.63, 3.8) is 0 Å². The van der Waals surface area contributed by atoms with Crippen molar-refractivity contribution in [2.45, 2.75) is 26.8 Å². The number of benzene rings is 1. The van der Waals surface area contributed by atoms with E-state index in [1.54, 1.807) is 0 Å². The van der Waals surface area contributed by atoms with Crippen molar-refractivity contribution in [2.24, 2.45) is 17.6 Å². The first-order valence-corrected chi connectivity index (χ1v) is 8.19. The first-order valence-electron chi connectivity index (χ1n) is 7.43. The van der Waals surface area contributed by atoms with E-state index in [1.807, 2.05) is 18.2 Å². The molecule has 0 radical (unpaired) electrons. The minimum absolute atomic E-state index is 0.645. The second-order valence-electron chi connectivity index (χ2n) is 6.61. The predicted molar refractivity (Wildman–Crippen MR) is 87.0 cm³/mol. The highest BCUT2D eigenvalue weighted by atomic mass is 35.5. The molecule has 0 aliphatic carbocycles. The molecule has 1 aromatic rings. The Hall–Kier alpha value is -0.280. The minimum atomic E-state index is 0.645. The van der Waals surface area contributed by atoms with Gasteiger partial charge in [0.05, 0.1) is 19.6 Å². The van der Waals surface area contributed by atoms with Crippen molar-refractivity contribution in [1.82, 2.24) is 0 Å². The lowest BCUT2D eigenvalue weighted by atomic mass is 10.1. The van der Waals surface area contributed by atoms with Crippen LogP contribution in [0.2, 0.25) is 10.0 Å². The molecule has 1 aromatic carbocycles. The smallest absolute Gasteiger partial charge is 0.106 e. The maximum absolute atomic E-state index is 6.35. The molecule has 112 valence electrons. The maximum atomic E-state index is 6.35. The summed E-state index contributed by atoms with van der Waals surface area (Å²) in [5, 5.41) is 1.59. The minimum Gasteiger partial charge on any atom is -0.330 e. The first-order chi connectivity index (χ1) is 9.44. The van der Waals surface area contributed by atoms with Crippen LogP contribution in [0, 0.1) is 11.8 Å². The van der Waals surface area contributed by atoms with E-state index in [2.05, 4.69) is 13.8 Å². The molecule has 1 heterocycles. The molecule has 0 bridgehead atoms. The van der Waals surface area contributed by atoms with Crippen LogP contribution in [-0.2, 0) is 6.54 Å². The van der Waals surface area contributed by atoms with Crippen molar-refractivity contribution < 1.29 is 4.48 Å². The molecule has 1 unspecified atom stereocenters. The number of likely N-dealkylation sites (tertiary alicyclic amines) is 1. The van der Waals surface area contributed by atoms with Gasteiger partial charge in [-0.2, -0.15) is 0 Å². The van der Waals surface area contributed by atoms with Crippen LogP contribution in [-0.4, -0.2) is 30.7 Å². The van der Waals surface area contributed by atoms with Gasteiger partial charge in [-0.1, -0.05) is 37.0 Å². The Morgan fingerprint density at radius 1 is 1.35 bits per heavy atom. The van der Waals surface area contributed by atoms with Gasteiger partial charge in [0.2, 0.25) is 0 Å². The fourth-order valence-corrected chi connectivity index (χ4v) is 3.93. The van der Waals surface area contributed by atoms with E-state index < -0.39 is 0 Å². The van der Waals surface area contributed by atoms with Gasteiger partial charge in [-0.3, -0.25) is 0 Å². The lowest BCUT2D eigenvalue weighted by molar-refractivity contribution is -0.933. The Bertz CT molecular complexity index is 462. The van der Waals surface area contributed by atoms with Gasteiger partial charge in [0.15, 0.2) is 0 Å². The largest absolute Gasteiger partial charge is 0.330 e. The summed E-state index contributed by atoms with van der Waals surface area (Å²) < 4.78 is 1.10. The third kappa shape index (κ3) is 3.88. The van der Waals surface area contributed by atoms with Crippen molar-refractivity contribution in [3.05, 3.63) is 33.8 Å². The second-order valence-corrected chi connectivity index (χ2v) is 7.45. The number of rotatable bonds is 5. The second kappa shape index (κ2) is 6.65. The zero-order valence-corrected chi connectivity index (χ0v) is 13.9. The highest BCUT2D eigenvalue weighted by Crippen LogP contribution is 2.31. The molecule has 1 fully saturated rings. The van der Waals surface area contributed by atoms with Crippen LogP contribution in [0.15, 0.2) is 18.2 Å². The van der Waals surface area contributed by atoms with Gasteiger partial charge >= 0.3 is 0 Å². The molecule has 2 atom stereocenters. The van der Waals surface area contributed by atoms with Crippen LogP contribution in [0.4, 0.5) is 0 Å². The van der Waals surface area contributed by atoms with Crippen molar-refractivity contribution in [3.8, 4) is 0 Å². The number of nitrogens with two attached hydrogens (primary N) is 1. The molecule has 2 nitrogen and oxygen atoms in total. The van der Waals surface area contributed by atoms with Crippen LogP contribution in [0.1, 0.15) is 25.8 Å². The third-order valence-corrected chi connectivity index (χ3v) is 4.86. The van der Waals surface area contributed by atoms with E-state index in [0.717, 1.165) is 39.7 Å². The first kappa shape index (κ1) is 16.1.